The Hall–Kier alpha value is -2.14. The van der Waals surface area contributed by atoms with Crippen molar-refractivity contribution in [1.29, 1.82) is 0 Å². The Morgan fingerprint density at radius 3 is 2.30 bits per heavy atom. The van der Waals surface area contributed by atoms with Gasteiger partial charge in [0.15, 0.2) is 0 Å². The van der Waals surface area contributed by atoms with Gasteiger partial charge in [0.05, 0.1) is 6.54 Å². The largest absolute Gasteiger partial charge is 0.332 e. The van der Waals surface area contributed by atoms with Crippen molar-refractivity contribution in [2.45, 2.75) is 72.0 Å². The number of hydrogen-bond donors (Lipinski definition) is 0. The van der Waals surface area contributed by atoms with Crippen molar-refractivity contribution in [2.24, 2.45) is 5.92 Å². The first-order valence-corrected chi connectivity index (χ1v) is 11.9. The molecule has 3 rings (SSSR count). The van der Waals surface area contributed by atoms with Gasteiger partial charge in [0.1, 0.15) is 6.54 Å². The molecule has 1 saturated carbocycles. The van der Waals surface area contributed by atoms with Gasteiger partial charge in [-0.1, -0.05) is 63.4 Å². The highest BCUT2D eigenvalue weighted by atomic mass is 32.1. The van der Waals surface area contributed by atoms with E-state index < -0.39 is 0 Å². The van der Waals surface area contributed by atoms with Gasteiger partial charge in [-0.25, -0.2) is 0 Å². The van der Waals surface area contributed by atoms with E-state index in [1.54, 1.807) is 11.3 Å². The molecule has 0 atom stereocenters. The van der Waals surface area contributed by atoms with Crippen LogP contribution in [0.25, 0.3) is 0 Å². The highest BCUT2D eigenvalue weighted by molar-refractivity contribution is 7.11. The van der Waals surface area contributed by atoms with Crippen molar-refractivity contribution in [3.63, 3.8) is 0 Å². The molecule has 0 saturated heterocycles. The van der Waals surface area contributed by atoms with Crippen LogP contribution in [0.2, 0.25) is 0 Å². The Labute approximate surface area is 184 Å². The van der Waals surface area contributed by atoms with Crippen LogP contribution in [0.4, 0.5) is 0 Å². The van der Waals surface area contributed by atoms with Crippen molar-refractivity contribution in [2.75, 3.05) is 6.54 Å². The van der Waals surface area contributed by atoms with Gasteiger partial charge < -0.3 is 9.80 Å². The minimum atomic E-state index is -0.0951. The lowest BCUT2D eigenvalue weighted by Crippen LogP contribution is -2.49. The molecule has 1 aliphatic carbocycles. The van der Waals surface area contributed by atoms with E-state index >= 15 is 0 Å². The number of thiophene rings is 1. The lowest BCUT2D eigenvalue weighted by atomic mass is 9.93. The van der Waals surface area contributed by atoms with Crippen molar-refractivity contribution in [3.8, 4) is 0 Å². The molecule has 0 spiro atoms. The van der Waals surface area contributed by atoms with Gasteiger partial charge in [-0.05, 0) is 37.5 Å². The van der Waals surface area contributed by atoms with E-state index in [9.17, 15) is 9.59 Å². The fraction of sp³-hybridized carbons (Fsp3) is 0.520. The van der Waals surface area contributed by atoms with Gasteiger partial charge in [-0.2, -0.15) is 0 Å². The molecule has 1 aromatic carbocycles. The topological polar surface area (TPSA) is 40.6 Å². The van der Waals surface area contributed by atoms with E-state index in [1.807, 2.05) is 41.8 Å². The molecular weight excluding hydrogens is 392 g/mol. The highest BCUT2D eigenvalue weighted by Crippen LogP contribution is 2.25. The maximum atomic E-state index is 13.5. The number of amides is 2. The molecule has 162 valence electrons. The molecule has 0 bridgehead atoms. The van der Waals surface area contributed by atoms with Gasteiger partial charge in [0, 0.05) is 28.3 Å². The standard InChI is InChI=1S/C25H34N2O2S/c1-19(2)25(29)27(22-12-8-5-9-13-22)18-24(28)26(16-21-10-6-4-7-11-21)17-23-15-14-20(3)30-23/h4,6-7,10-11,14-15,19,22H,5,8-9,12-13,16-18H2,1-3H3. The van der Waals surface area contributed by atoms with Gasteiger partial charge >= 0.3 is 0 Å². The fourth-order valence-electron chi connectivity index (χ4n) is 4.15. The van der Waals surface area contributed by atoms with Crippen molar-refractivity contribution >= 4 is 23.2 Å². The molecule has 0 N–H and O–H groups in total. The molecule has 1 fully saturated rings. The first-order valence-electron chi connectivity index (χ1n) is 11.1. The van der Waals surface area contributed by atoms with Gasteiger partial charge in [0.25, 0.3) is 0 Å². The first-order chi connectivity index (χ1) is 14.4. The highest BCUT2D eigenvalue weighted by Gasteiger charge is 2.30. The zero-order valence-electron chi connectivity index (χ0n) is 18.5. The maximum absolute atomic E-state index is 13.5. The molecule has 5 heteroatoms. The third-order valence-electron chi connectivity index (χ3n) is 5.81. The van der Waals surface area contributed by atoms with Crippen molar-refractivity contribution < 1.29 is 9.59 Å². The maximum Gasteiger partial charge on any atom is 0.242 e. The zero-order valence-corrected chi connectivity index (χ0v) is 19.3. The van der Waals surface area contributed by atoms with Crippen LogP contribution in [0.1, 0.15) is 61.3 Å². The predicted molar refractivity (Wildman–Crippen MR) is 123 cm³/mol. The average molecular weight is 427 g/mol. The second-order valence-electron chi connectivity index (χ2n) is 8.66. The van der Waals surface area contributed by atoms with E-state index in [0.29, 0.717) is 13.1 Å². The average Bonchev–Trinajstić information content (AvgIpc) is 3.16. The molecule has 0 unspecified atom stereocenters. The summed E-state index contributed by atoms with van der Waals surface area (Å²) >= 11 is 1.73. The van der Waals surface area contributed by atoms with Crippen LogP contribution in [-0.4, -0.2) is 34.2 Å². The second kappa shape index (κ2) is 10.8. The summed E-state index contributed by atoms with van der Waals surface area (Å²) in [5.41, 5.74) is 1.11. The summed E-state index contributed by atoms with van der Waals surface area (Å²) in [6, 6.07) is 14.5. The first kappa shape index (κ1) is 22.5. The molecule has 1 aliphatic rings. The summed E-state index contributed by atoms with van der Waals surface area (Å²) in [5, 5.41) is 0. The van der Waals surface area contributed by atoms with Crippen LogP contribution >= 0.6 is 11.3 Å². The predicted octanol–water partition coefficient (Wildman–Crippen LogP) is 5.40. The lowest BCUT2D eigenvalue weighted by molar-refractivity contribution is -0.145. The van der Waals surface area contributed by atoms with E-state index in [1.165, 1.54) is 16.2 Å². The number of benzene rings is 1. The van der Waals surface area contributed by atoms with Crippen LogP contribution in [-0.2, 0) is 22.7 Å². The number of aryl methyl sites for hydroxylation is 1. The smallest absolute Gasteiger partial charge is 0.242 e. The Balaban J connectivity index is 1.78. The van der Waals surface area contributed by atoms with E-state index in [2.05, 4.69) is 31.2 Å². The molecule has 1 heterocycles. The van der Waals surface area contributed by atoms with Gasteiger partial charge in [0.2, 0.25) is 11.8 Å². The van der Waals surface area contributed by atoms with Crippen molar-refractivity contribution in [1.82, 2.24) is 9.80 Å². The van der Waals surface area contributed by atoms with Crippen molar-refractivity contribution in [3.05, 3.63) is 57.8 Å². The Kier molecular flexibility index (Phi) is 8.08. The van der Waals surface area contributed by atoms with Crippen LogP contribution in [0.5, 0.6) is 0 Å². The lowest BCUT2D eigenvalue weighted by Gasteiger charge is -2.36. The normalized spacial score (nSPS) is 14.7. The summed E-state index contributed by atoms with van der Waals surface area (Å²) in [6.45, 7) is 7.27. The number of carbonyl (C=O) groups excluding carboxylic acids is 2. The van der Waals surface area contributed by atoms with E-state index in [-0.39, 0.29) is 30.3 Å². The molecule has 0 aliphatic heterocycles. The molecule has 4 nitrogen and oxygen atoms in total. The quantitative estimate of drug-likeness (QED) is 0.567. The number of nitrogens with zero attached hydrogens (tertiary/aromatic N) is 2. The number of rotatable bonds is 8. The van der Waals surface area contributed by atoms with Crippen LogP contribution in [0.3, 0.4) is 0 Å². The van der Waals surface area contributed by atoms with Gasteiger partial charge in [-0.15, -0.1) is 11.3 Å². The zero-order chi connectivity index (χ0) is 21.5. The SMILES string of the molecule is Cc1ccc(CN(Cc2ccccc2)C(=O)CN(C(=O)C(C)C)C2CCCCC2)s1. The number of hydrogen-bond acceptors (Lipinski definition) is 3. The minimum Gasteiger partial charge on any atom is -0.332 e. The number of carbonyl (C=O) groups is 2. The monoisotopic (exact) mass is 426 g/mol. The molecule has 2 amide bonds. The van der Waals surface area contributed by atoms with Gasteiger partial charge in [-0.3, -0.25) is 9.59 Å². The molecular formula is C25H34N2O2S. The molecule has 30 heavy (non-hydrogen) atoms. The Morgan fingerprint density at radius 1 is 1.00 bits per heavy atom. The Bertz CT molecular complexity index is 825. The minimum absolute atomic E-state index is 0.0319. The van der Waals surface area contributed by atoms with E-state index in [0.717, 1.165) is 31.2 Å². The van der Waals surface area contributed by atoms with Crippen LogP contribution in [0.15, 0.2) is 42.5 Å². The third-order valence-corrected chi connectivity index (χ3v) is 6.80. The molecule has 0 radical (unpaired) electrons. The van der Waals surface area contributed by atoms with Crippen LogP contribution in [0, 0.1) is 12.8 Å². The summed E-state index contributed by atoms with van der Waals surface area (Å²) < 4.78 is 0. The summed E-state index contributed by atoms with van der Waals surface area (Å²) in [5.74, 6) is 0.0357. The second-order valence-corrected chi connectivity index (χ2v) is 10.0. The van der Waals surface area contributed by atoms with E-state index in [4.69, 9.17) is 0 Å². The summed E-state index contributed by atoms with van der Waals surface area (Å²) in [7, 11) is 0. The fourth-order valence-corrected chi connectivity index (χ4v) is 5.06. The summed E-state index contributed by atoms with van der Waals surface area (Å²) in [6.07, 6.45) is 5.53. The Morgan fingerprint density at radius 2 is 1.70 bits per heavy atom. The summed E-state index contributed by atoms with van der Waals surface area (Å²) in [4.78, 5) is 32.7. The van der Waals surface area contributed by atoms with Crippen LogP contribution < -0.4 is 0 Å². The molecule has 2 aromatic rings. The molecule has 1 aromatic heterocycles. The third kappa shape index (κ3) is 6.18.